The zero-order chi connectivity index (χ0) is 17.3. The Morgan fingerprint density at radius 1 is 1.21 bits per heavy atom. The number of nitrogens with one attached hydrogen (secondary N) is 1. The molecule has 0 bridgehead atoms. The molecule has 1 heterocycles. The number of nitrogens with zero attached hydrogens (tertiary/aromatic N) is 3. The van der Waals surface area contributed by atoms with E-state index in [1.54, 1.807) is 12.1 Å². The van der Waals surface area contributed by atoms with Gasteiger partial charge in [0.15, 0.2) is 0 Å². The maximum atomic E-state index is 11.2. The van der Waals surface area contributed by atoms with Crippen LogP contribution in [0.1, 0.15) is 5.56 Å². The molecule has 0 unspecified atom stereocenters. The minimum Gasteiger partial charge on any atom is -0.354 e. The number of pyridine rings is 1. The quantitative estimate of drug-likeness (QED) is 0.435. The molecule has 0 aliphatic heterocycles. The second-order valence-electron chi connectivity index (χ2n) is 4.84. The zero-order valence-corrected chi connectivity index (χ0v) is 15.1. The van der Waals surface area contributed by atoms with Crippen molar-refractivity contribution in [2.45, 2.75) is 0 Å². The number of rotatable bonds is 3. The van der Waals surface area contributed by atoms with Crippen molar-refractivity contribution in [3.05, 3.63) is 67.2 Å². The van der Waals surface area contributed by atoms with Gasteiger partial charge in [-0.2, -0.15) is 5.26 Å². The van der Waals surface area contributed by atoms with Crippen LogP contribution in [0, 0.1) is 21.4 Å². The molecule has 0 atom stereocenters. The molecule has 3 aromatic rings. The Kier molecular flexibility index (Phi) is 4.46. The van der Waals surface area contributed by atoms with Crippen molar-refractivity contribution in [2.24, 2.45) is 0 Å². The first-order chi connectivity index (χ1) is 11.5. The number of non-ortho nitro benzene ring substituents is 1. The monoisotopic (exact) mass is 446 g/mol. The van der Waals surface area contributed by atoms with E-state index in [2.05, 4.69) is 48.2 Å². The smallest absolute Gasteiger partial charge is 0.295 e. The molecule has 0 saturated carbocycles. The molecule has 0 saturated heterocycles. The van der Waals surface area contributed by atoms with Gasteiger partial charge in [0.05, 0.1) is 16.2 Å². The average Bonchev–Trinajstić information content (AvgIpc) is 2.57. The van der Waals surface area contributed by atoms with Crippen molar-refractivity contribution in [1.29, 1.82) is 5.26 Å². The van der Waals surface area contributed by atoms with Crippen molar-refractivity contribution < 1.29 is 4.92 Å². The van der Waals surface area contributed by atoms with E-state index >= 15 is 0 Å². The lowest BCUT2D eigenvalue weighted by Gasteiger charge is -2.12. The minimum absolute atomic E-state index is 0.1000. The number of benzene rings is 2. The molecule has 24 heavy (non-hydrogen) atoms. The average molecular weight is 448 g/mol. The van der Waals surface area contributed by atoms with E-state index in [9.17, 15) is 15.4 Å². The molecule has 0 aliphatic carbocycles. The molecule has 1 aromatic heterocycles. The second kappa shape index (κ2) is 6.55. The van der Waals surface area contributed by atoms with Gasteiger partial charge in [0.1, 0.15) is 11.6 Å². The first-order valence-corrected chi connectivity index (χ1v) is 8.28. The number of nitro groups is 1. The summed E-state index contributed by atoms with van der Waals surface area (Å²) in [5, 5.41) is 24.2. The Labute approximate surface area is 153 Å². The van der Waals surface area contributed by atoms with E-state index in [1.807, 2.05) is 18.2 Å². The highest BCUT2D eigenvalue weighted by atomic mass is 79.9. The standard InChI is InChI=1S/C16H8Br2N4O2/c17-12-5-4-10(6-13(12)18)21-15-9(7-19)8-20-16-11(15)2-1-3-14(16)22(23)24/h1-6,8H,(H,20,21). The first kappa shape index (κ1) is 16.4. The molecule has 8 heteroatoms. The molecule has 0 fully saturated rings. The number of aromatic nitrogens is 1. The van der Waals surface area contributed by atoms with Gasteiger partial charge in [-0.05, 0) is 50.1 Å². The fourth-order valence-electron chi connectivity index (χ4n) is 2.29. The van der Waals surface area contributed by atoms with Crippen LogP contribution in [-0.4, -0.2) is 9.91 Å². The number of hydrogen-bond acceptors (Lipinski definition) is 5. The number of fused-ring (bicyclic) bond motifs is 1. The molecule has 0 aliphatic rings. The fourth-order valence-corrected chi connectivity index (χ4v) is 2.92. The molecule has 6 nitrogen and oxygen atoms in total. The third-order valence-electron chi connectivity index (χ3n) is 3.38. The van der Waals surface area contributed by atoms with Gasteiger partial charge in [0, 0.05) is 32.3 Å². The summed E-state index contributed by atoms with van der Waals surface area (Å²) in [6.07, 6.45) is 1.34. The Morgan fingerprint density at radius 2 is 2.00 bits per heavy atom. The van der Waals surface area contributed by atoms with E-state index in [1.165, 1.54) is 12.3 Å². The van der Waals surface area contributed by atoms with Crippen molar-refractivity contribution in [3.8, 4) is 6.07 Å². The van der Waals surface area contributed by atoms with Crippen LogP contribution in [0.4, 0.5) is 17.1 Å². The molecule has 0 radical (unpaired) electrons. The molecule has 3 rings (SSSR count). The third kappa shape index (κ3) is 2.96. The predicted molar refractivity (Wildman–Crippen MR) is 98.2 cm³/mol. The van der Waals surface area contributed by atoms with Gasteiger partial charge in [-0.15, -0.1) is 0 Å². The molecule has 0 spiro atoms. The summed E-state index contributed by atoms with van der Waals surface area (Å²) < 4.78 is 1.74. The number of anilines is 2. The van der Waals surface area contributed by atoms with Crippen LogP contribution in [0.15, 0.2) is 51.5 Å². The summed E-state index contributed by atoms with van der Waals surface area (Å²) >= 11 is 6.82. The lowest BCUT2D eigenvalue weighted by molar-refractivity contribution is -0.383. The van der Waals surface area contributed by atoms with Gasteiger partial charge in [-0.3, -0.25) is 10.1 Å². The Hall–Kier alpha value is -2.50. The lowest BCUT2D eigenvalue weighted by Crippen LogP contribution is -1.99. The van der Waals surface area contributed by atoms with Gasteiger partial charge < -0.3 is 5.32 Å². The summed E-state index contributed by atoms with van der Waals surface area (Å²) in [5.74, 6) is 0. The summed E-state index contributed by atoms with van der Waals surface area (Å²) in [6, 6.07) is 12.3. The van der Waals surface area contributed by atoms with Gasteiger partial charge in [0.2, 0.25) is 0 Å². The normalized spacial score (nSPS) is 10.4. The van der Waals surface area contributed by atoms with E-state index in [4.69, 9.17) is 0 Å². The Morgan fingerprint density at radius 3 is 2.67 bits per heavy atom. The van der Waals surface area contributed by atoms with Crippen molar-refractivity contribution in [3.63, 3.8) is 0 Å². The third-order valence-corrected chi connectivity index (χ3v) is 5.26. The molecular weight excluding hydrogens is 440 g/mol. The number of halogens is 2. The number of para-hydroxylation sites is 1. The number of nitro benzene ring substituents is 1. The van der Waals surface area contributed by atoms with E-state index in [0.717, 1.165) is 14.6 Å². The van der Waals surface area contributed by atoms with Crippen molar-refractivity contribution in [1.82, 2.24) is 4.98 Å². The van der Waals surface area contributed by atoms with E-state index in [-0.39, 0.29) is 11.2 Å². The number of hydrogen-bond donors (Lipinski definition) is 1. The largest absolute Gasteiger partial charge is 0.354 e. The Bertz CT molecular complexity index is 1010. The SMILES string of the molecule is N#Cc1cnc2c([N+](=O)[O-])cccc2c1Nc1ccc(Br)c(Br)c1. The fraction of sp³-hybridized carbons (Fsp3) is 0. The molecule has 2 aromatic carbocycles. The van der Waals surface area contributed by atoms with Crippen LogP contribution >= 0.6 is 31.9 Å². The lowest BCUT2D eigenvalue weighted by atomic mass is 10.1. The van der Waals surface area contributed by atoms with Crippen LogP contribution in [-0.2, 0) is 0 Å². The molecular formula is C16H8Br2N4O2. The summed E-state index contributed by atoms with van der Waals surface area (Å²) in [4.78, 5) is 14.8. The van der Waals surface area contributed by atoms with E-state index < -0.39 is 4.92 Å². The van der Waals surface area contributed by atoms with Crippen LogP contribution in [0.25, 0.3) is 10.9 Å². The van der Waals surface area contributed by atoms with Gasteiger partial charge in [0.25, 0.3) is 5.69 Å². The maximum absolute atomic E-state index is 11.2. The van der Waals surface area contributed by atoms with Gasteiger partial charge in [-0.1, -0.05) is 12.1 Å². The van der Waals surface area contributed by atoms with Crippen LogP contribution in [0.3, 0.4) is 0 Å². The first-order valence-electron chi connectivity index (χ1n) is 6.69. The molecule has 118 valence electrons. The summed E-state index contributed by atoms with van der Waals surface area (Å²) in [5.41, 5.74) is 1.67. The number of nitriles is 1. The van der Waals surface area contributed by atoms with Crippen LogP contribution < -0.4 is 5.32 Å². The van der Waals surface area contributed by atoms with Crippen LogP contribution in [0.5, 0.6) is 0 Å². The maximum Gasteiger partial charge on any atom is 0.295 e. The highest BCUT2D eigenvalue weighted by Crippen LogP contribution is 2.34. The highest BCUT2D eigenvalue weighted by molar-refractivity contribution is 9.13. The van der Waals surface area contributed by atoms with E-state index in [0.29, 0.717) is 16.6 Å². The van der Waals surface area contributed by atoms with Crippen molar-refractivity contribution >= 4 is 59.8 Å². The Balaban J connectivity index is 2.21. The zero-order valence-electron chi connectivity index (χ0n) is 12.0. The predicted octanol–water partition coefficient (Wildman–Crippen LogP) is 5.28. The summed E-state index contributed by atoms with van der Waals surface area (Å²) in [7, 11) is 0. The van der Waals surface area contributed by atoms with Gasteiger partial charge in [-0.25, -0.2) is 4.98 Å². The topological polar surface area (TPSA) is 91.8 Å². The summed E-state index contributed by atoms with van der Waals surface area (Å²) in [6.45, 7) is 0. The van der Waals surface area contributed by atoms with Gasteiger partial charge >= 0.3 is 0 Å². The molecule has 1 N–H and O–H groups in total. The minimum atomic E-state index is -0.485. The van der Waals surface area contributed by atoms with Crippen LogP contribution in [0.2, 0.25) is 0 Å². The molecule has 0 amide bonds. The highest BCUT2D eigenvalue weighted by Gasteiger charge is 2.17. The van der Waals surface area contributed by atoms with Crippen molar-refractivity contribution in [2.75, 3.05) is 5.32 Å². The second-order valence-corrected chi connectivity index (χ2v) is 6.55.